The Bertz CT molecular complexity index is 794. The Morgan fingerprint density at radius 2 is 1.91 bits per heavy atom. The quantitative estimate of drug-likeness (QED) is 0.877. The molecule has 1 aromatic heterocycles. The first-order valence-corrected chi connectivity index (χ1v) is 7.01. The fourth-order valence-electron chi connectivity index (χ4n) is 2.59. The van der Waals surface area contributed by atoms with Crippen molar-refractivity contribution in [2.45, 2.75) is 6.92 Å². The van der Waals surface area contributed by atoms with E-state index in [4.69, 9.17) is 4.74 Å². The van der Waals surface area contributed by atoms with Crippen molar-refractivity contribution in [1.29, 1.82) is 0 Å². The topological polar surface area (TPSA) is 85.4 Å². The third kappa shape index (κ3) is 2.48. The summed E-state index contributed by atoms with van der Waals surface area (Å²) in [4.78, 5) is 40.8. The van der Waals surface area contributed by atoms with Crippen LogP contribution in [0.4, 0.5) is 5.69 Å². The highest BCUT2D eigenvalue weighted by molar-refractivity contribution is 6.36. The zero-order valence-corrected chi connectivity index (χ0v) is 12.6. The van der Waals surface area contributed by atoms with E-state index in [0.29, 0.717) is 11.4 Å². The molecule has 1 aliphatic carbocycles. The van der Waals surface area contributed by atoms with Gasteiger partial charge in [-0.1, -0.05) is 6.07 Å². The summed E-state index contributed by atoms with van der Waals surface area (Å²) in [5, 5.41) is 2.60. The second-order valence-corrected chi connectivity index (χ2v) is 5.26. The lowest BCUT2D eigenvalue weighted by molar-refractivity contribution is -0.117. The number of aromatic nitrogens is 1. The molecule has 6 heteroatoms. The molecule has 0 aliphatic heterocycles. The van der Waals surface area contributed by atoms with Gasteiger partial charge in [-0.3, -0.25) is 19.4 Å². The predicted molar refractivity (Wildman–Crippen MR) is 82.7 cm³/mol. The van der Waals surface area contributed by atoms with E-state index in [9.17, 15) is 14.4 Å². The van der Waals surface area contributed by atoms with Gasteiger partial charge in [0.2, 0.25) is 5.91 Å². The van der Waals surface area contributed by atoms with E-state index < -0.39 is 23.4 Å². The molecule has 1 N–H and O–H groups in total. The molecule has 6 nitrogen and oxygen atoms in total. The molecule has 23 heavy (non-hydrogen) atoms. The third-order valence-electron chi connectivity index (χ3n) is 3.81. The largest absolute Gasteiger partial charge is 0.496 e. The molecule has 1 aromatic carbocycles. The first kappa shape index (κ1) is 14.9. The molecule has 3 rings (SSSR count). The summed E-state index contributed by atoms with van der Waals surface area (Å²) in [6.45, 7) is 1.87. The zero-order chi connectivity index (χ0) is 16.6. The number of pyridine rings is 1. The van der Waals surface area contributed by atoms with Gasteiger partial charge in [-0.05, 0) is 24.6 Å². The van der Waals surface area contributed by atoms with Crippen LogP contribution >= 0.6 is 0 Å². The van der Waals surface area contributed by atoms with Gasteiger partial charge in [0.05, 0.1) is 7.11 Å². The van der Waals surface area contributed by atoms with Crippen LogP contribution in [-0.2, 0) is 4.79 Å². The summed E-state index contributed by atoms with van der Waals surface area (Å²) >= 11 is 0. The lowest BCUT2D eigenvalue weighted by Crippen LogP contribution is -2.31. The Balaban J connectivity index is 1.85. The standard InChI is InChI=1S/C17H14N2O4/c1-9-3-4-10(7-13(9)23-2)19-17(22)14-15(20)11-5-6-18-8-12(11)16(14)21/h3-8,14H,1-2H3,(H,19,22). The lowest BCUT2D eigenvalue weighted by atomic mass is 10.0. The highest BCUT2D eigenvalue weighted by atomic mass is 16.5. The number of ketones is 2. The number of carbonyl (C=O) groups excluding carboxylic acids is 3. The maximum absolute atomic E-state index is 12.4. The van der Waals surface area contributed by atoms with Gasteiger partial charge in [0.25, 0.3) is 0 Å². The summed E-state index contributed by atoms with van der Waals surface area (Å²) in [6.07, 6.45) is 2.74. The molecule has 0 fully saturated rings. The average Bonchev–Trinajstić information content (AvgIpc) is 2.81. The molecule has 1 amide bonds. The van der Waals surface area contributed by atoms with Crippen LogP contribution in [0.5, 0.6) is 5.75 Å². The van der Waals surface area contributed by atoms with Crippen LogP contribution in [-0.4, -0.2) is 29.6 Å². The second-order valence-electron chi connectivity index (χ2n) is 5.26. The average molecular weight is 310 g/mol. The smallest absolute Gasteiger partial charge is 0.243 e. The van der Waals surface area contributed by atoms with Gasteiger partial charge in [-0.2, -0.15) is 0 Å². The van der Waals surface area contributed by atoms with Crippen molar-refractivity contribution in [2.75, 3.05) is 12.4 Å². The Kier molecular flexibility index (Phi) is 3.65. The highest BCUT2D eigenvalue weighted by Gasteiger charge is 2.43. The molecule has 1 unspecified atom stereocenters. The van der Waals surface area contributed by atoms with E-state index in [1.807, 2.05) is 6.92 Å². The van der Waals surface area contributed by atoms with Crippen molar-refractivity contribution in [2.24, 2.45) is 5.92 Å². The number of methoxy groups -OCH3 is 1. The van der Waals surface area contributed by atoms with Gasteiger partial charge in [0, 0.05) is 35.3 Å². The van der Waals surface area contributed by atoms with Gasteiger partial charge in [-0.25, -0.2) is 0 Å². The molecule has 1 atom stereocenters. The molecule has 0 saturated heterocycles. The number of nitrogens with one attached hydrogen (secondary N) is 1. The minimum Gasteiger partial charge on any atom is -0.496 e. The van der Waals surface area contributed by atoms with E-state index in [-0.39, 0.29) is 11.1 Å². The summed E-state index contributed by atoms with van der Waals surface area (Å²) in [7, 11) is 1.53. The normalized spacial score (nSPS) is 16.2. The fraction of sp³-hybridized carbons (Fsp3) is 0.176. The molecule has 0 bridgehead atoms. The molecule has 0 radical (unpaired) electrons. The second kappa shape index (κ2) is 5.64. The number of rotatable bonds is 3. The summed E-state index contributed by atoms with van der Waals surface area (Å²) < 4.78 is 5.19. The Morgan fingerprint density at radius 1 is 1.17 bits per heavy atom. The van der Waals surface area contributed by atoms with Crippen molar-refractivity contribution in [1.82, 2.24) is 4.98 Å². The summed E-state index contributed by atoms with van der Waals surface area (Å²) in [5.41, 5.74) is 1.81. The maximum atomic E-state index is 12.4. The highest BCUT2D eigenvalue weighted by Crippen LogP contribution is 2.28. The Labute approximate surface area is 132 Å². The first-order chi connectivity index (χ1) is 11.0. The SMILES string of the molecule is COc1cc(NC(=O)C2C(=O)c3ccncc3C2=O)ccc1C. The number of Topliss-reactive ketones (excluding diaryl/α,β-unsaturated/α-hetero) is 2. The maximum Gasteiger partial charge on any atom is 0.243 e. The number of hydrogen-bond acceptors (Lipinski definition) is 5. The molecule has 0 saturated carbocycles. The van der Waals surface area contributed by atoms with Crippen molar-refractivity contribution < 1.29 is 19.1 Å². The summed E-state index contributed by atoms with van der Waals surface area (Å²) in [5.74, 6) is -2.42. The predicted octanol–water partition coefficient (Wildman–Crippen LogP) is 2.03. The van der Waals surface area contributed by atoms with Crippen LogP contribution in [0.15, 0.2) is 36.7 Å². The van der Waals surface area contributed by atoms with Gasteiger partial charge in [-0.15, -0.1) is 0 Å². The zero-order valence-electron chi connectivity index (χ0n) is 12.6. The van der Waals surface area contributed by atoms with Crippen LogP contribution in [0.3, 0.4) is 0 Å². The molecule has 1 heterocycles. The van der Waals surface area contributed by atoms with E-state index in [1.54, 1.807) is 18.2 Å². The van der Waals surface area contributed by atoms with Gasteiger partial charge in [0.15, 0.2) is 17.5 Å². The molecule has 1 aliphatic rings. The summed E-state index contributed by atoms with van der Waals surface area (Å²) in [6, 6.07) is 6.57. The number of benzene rings is 1. The number of carbonyl (C=O) groups is 3. The number of amides is 1. The van der Waals surface area contributed by atoms with Gasteiger partial charge >= 0.3 is 0 Å². The van der Waals surface area contributed by atoms with Crippen LogP contribution in [0.25, 0.3) is 0 Å². The third-order valence-corrected chi connectivity index (χ3v) is 3.81. The minimum atomic E-state index is -1.36. The fourth-order valence-corrected chi connectivity index (χ4v) is 2.59. The van der Waals surface area contributed by atoms with E-state index >= 15 is 0 Å². The van der Waals surface area contributed by atoms with Crippen LogP contribution in [0, 0.1) is 12.8 Å². The molecule has 0 spiro atoms. The number of hydrogen-bond donors (Lipinski definition) is 1. The number of aryl methyl sites for hydroxylation is 1. The molecular formula is C17H14N2O4. The number of fused-ring (bicyclic) bond motifs is 1. The molecule has 116 valence electrons. The van der Waals surface area contributed by atoms with Gasteiger partial charge in [0.1, 0.15) is 5.75 Å². The van der Waals surface area contributed by atoms with Crippen LogP contribution in [0.2, 0.25) is 0 Å². The van der Waals surface area contributed by atoms with Crippen molar-refractivity contribution in [3.8, 4) is 5.75 Å². The number of anilines is 1. The van der Waals surface area contributed by atoms with E-state index in [0.717, 1.165) is 5.56 Å². The van der Waals surface area contributed by atoms with Gasteiger partial charge < -0.3 is 10.1 Å². The van der Waals surface area contributed by atoms with Crippen LogP contribution in [0.1, 0.15) is 26.3 Å². The number of ether oxygens (including phenoxy) is 1. The molecular weight excluding hydrogens is 296 g/mol. The number of nitrogens with zero attached hydrogens (tertiary/aromatic N) is 1. The lowest BCUT2D eigenvalue weighted by Gasteiger charge is -2.11. The van der Waals surface area contributed by atoms with Crippen molar-refractivity contribution >= 4 is 23.2 Å². The Morgan fingerprint density at radius 3 is 2.61 bits per heavy atom. The van der Waals surface area contributed by atoms with E-state index in [2.05, 4.69) is 10.3 Å². The van der Waals surface area contributed by atoms with E-state index in [1.165, 1.54) is 25.6 Å². The van der Waals surface area contributed by atoms with Crippen molar-refractivity contribution in [3.05, 3.63) is 53.3 Å². The monoisotopic (exact) mass is 310 g/mol. The minimum absolute atomic E-state index is 0.194. The molecule has 2 aromatic rings. The first-order valence-electron chi connectivity index (χ1n) is 7.01. The van der Waals surface area contributed by atoms with Crippen molar-refractivity contribution in [3.63, 3.8) is 0 Å². The van der Waals surface area contributed by atoms with Crippen LogP contribution < -0.4 is 10.1 Å². The Hall–Kier alpha value is -3.02.